The Morgan fingerprint density at radius 3 is 1.91 bits per heavy atom. The van der Waals surface area contributed by atoms with Crippen LogP contribution in [0, 0.1) is 13.8 Å². The van der Waals surface area contributed by atoms with Crippen LogP contribution in [0.1, 0.15) is 35.0 Å². The Bertz CT molecular complexity index is 2150. The third kappa shape index (κ3) is 4.79. The predicted molar refractivity (Wildman–Crippen MR) is 180 cm³/mol. The summed E-state index contributed by atoms with van der Waals surface area (Å²) in [6, 6.07) is 43.4. The molecule has 7 nitrogen and oxygen atoms in total. The fraction of sp³-hybridized carbons (Fsp3) is 0.105. The normalized spacial score (nSPS) is 14.7. The van der Waals surface area contributed by atoms with Gasteiger partial charge in [-0.3, -0.25) is 5.01 Å². The number of benzene rings is 4. The SMILES string of the molecule is Cc1nc2c(cc1C1=NN(c3ccccc3)C(c3cn(-c4ccccc4)nc3-c3ccccc3)C1)c(C)nn2-c1ccccc1. The molecule has 0 saturated heterocycles. The van der Waals surface area contributed by atoms with Crippen LogP contribution in [0.4, 0.5) is 5.69 Å². The topological polar surface area (TPSA) is 64.1 Å². The summed E-state index contributed by atoms with van der Waals surface area (Å²) in [5.74, 6) is 0. The lowest BCUT2D eigenvalue weighted by Gasteiger charge is -2.23. The van der Waals surface area contributed by atoms with Crippen LogP contribution in [0.15, 0.2) is 139 Å². The second kappa shape index (κ2) is 11.0. The zero-order chi connectivity index (χ0) is 30.3. The predicted octanol–water partition coefficient (Wildman–Crippen LogP) is 8.25. The van der Waals surface area contributed by atoms with Gasteiger partial charge >= 0.3 is 0 Å². The van der Waals surface area contributed by atoms with E-state index in [0.29, 0.717) is 6.42 Å². The lowest BCUT2D eigenvalue weighted by molar-refractivity contribution is 0.709. The molecule has 1 aliphatic rings. The lowest BCUT2D eigenvalue weighted by Crippen LogP contribution is -2.18. The summed E-state index contributed by atoms with van der Waals surface area (Å²) in [5, 5.41) is 18.5. The third-order valence-electron chi connectivity index (χ3n) is 8.45. The van der Waals surface area contributed by atoms with Gasteiger partial charge in [0, 0.05) is 40.4 Å². The van der Waals surface area contributed by atoms with Gasteiger partial charge in [0.1, 0.15) is 0 Å². The number of hydrogen-bond donors (Lipinski definition) is 0. The number of fused-ring (bicyclic) bond motifs is 1. The average molecular weight is 586 g/mol. The zero-order valence-electron chi connectivity index (χ0n) is 25.1. The molecular formula is C38H31N7. The molecule has 0 saturated carbocycles. The minimum atomic E-state index is -0.0710. The van der Waals surface area contributed by atoms with Crippen LogP contribution in [-0.4, -0.2) is 30.3 Å². The Balaban J connectivity index is 1.26. The van der Waals surface area contributed by atoms with Crippen molar-refractivity contribution in [3.05, 3.63) is 156 Å². The van der Waals surface area contributed by atoms with Crippen LogP contribution < -0.4 is 5.01 Å². The van der Waals surface area contributed by atoms with Crippen molar-refractivity contribution in [2.75, 3.05) is 5.01 Å². The molecule has 0 N–H and O–H groups in total. The van der Waals surface area contributed by atoms with Crippen LogP contribution in [0.2, 0.25) is 0 Å². The first kappa shape index (κ1) is 26.8. The minimum absolute atomic E-state index is 0.0710. The van der Waals surface area contributed by atoms with Gasteiger partial charge in [-0.2, -0.15) is 15.3 Å². The van der Waals surface area contributed by atoms with Crippen molar-refractivity contribution in [3.8, 4) is 22.6 Å². The van der Waals surface area contributed by atoms with Gasteiger partial charge in [-0.15, -0.1) is 0 Å². The summed E-state index contributed by atoms with van der Waals surface area (Å²) in [6.45, 7) is 4.11. The maximum Gasteiger partial charge on any atom is 0.163 e. The standard InChI is InChI=1S/C38H31N7/c1-26-32(23-33-27(2)40-45(38(33)39-26)31-21-13-6-14-22-31)35-24-36(44(41-35)30-19-11-5-12-20-30)34-25-43(29-17-9-4-10-18-29)42-37(34)28-15-7-3-8-16-28/h3-23,25,36H,24H2,1-2H3. The van der Waals surface area contributed by atoms with Crippen LogP contribution in [-0.2, 0) is 0 Å². The first-order valence-electron chi connectivity index (χ1n) is 15.2. The molecule has 1 atom stereocenters. The molecule has 0 bridgehead atoms. The lowest BCUT2D eigenvalue weighted by atomic mass is 9.95. The Morgan fingerprint density at radius 2 is 1.24 bits per heavy atom. The summed E-state index contributed by atoms with van der Waals surface area (Å²) in [5.41, 5.74) is 10.9. The van der Waals surface area contributed by atoms with E-state index >= 15 is 0 Å². The van der Waals surface area contributed by atoms with Gasteiger partial charge in [0.2, 0.25) is 0 Å². The number of rotatable bonds is 6. The van der Waals surface area contributed by atoms with Crippen LogP contribution >= 0.6 is 0 Å². The average Bonchev–Trinajstić information content (AvgIpc) is 3.82. The molecule has 0 amide bonds. The van der Waals surface area contributed by atoms with Gasteiger partial charge in [-0.1, -0.05) is 84.9 Å². The van der Waals surface area contributed by atoms with E-state index in [1.165, 1.54) is 0 Å². The summed E-state index contributed by atoms with van der Waals surface area (Å²) in [7, 11) is 0. The van der Waals surface area contributed by atoms with E-state index in [0.717, 1.165) is 67.6 Å². The molecule has 218 valence electrons. The van der Waals surface area contributed by atoms with Crippen LogP contribution in [0.5, 0.6) is 0 Å². The van der Waals surface area contributed by atoms with Gasteiger partial charge in [0.05, 0.1) is 40.2 Å². The van der Waals surface area contributed by atoms with Gasteiger partial charge in [0.25, 0.3) is 0 Å². The van der Waals surface area contributed by atoms with Gasteiger partial charge in [-0.05, 0) is 56.3 Å². The highest BCUT2D eigenvalue weighted by molar-refractivity contribution is 6.06. The van der Waals surface area contributed by atoms with E-state index in [9.17, 15) is 0 Å². The summed E-state index contributed by atoms with van der Waals surface area (Å²) in [4.78, 5) is 5.11. The molecule has 4 aromatic carbocycles. The number of pyridine rings is 1. The number of aromatic nitrogens is 5. The van der Waals surface area contributed by atoms with Gasteiger partial charge < -0.3 is 0 Å². The van der Waals surface area contributed by atoms with E-state index in [1.54, 1.807) is 0 Å². The fourth-order valence-electron chi connectivity index (χ4n) is 6.21. The maximum atomic E-state index is 5.31. The number of hydrogen-bond acceptors (Lipinski definition) is 5. The molecule has 3 aromatic heterocycles. The first-order valence-corrected chi connectivity index (χ1v) is 15.2. The highest BCUT2D eigenvalue weighted by Gasteiger charge is 2.34. The van der Waals surface area contributed by atoms with Gasteiger partial charge in [-0.25, -0.2) is 14.3 Å². The quantitative estimate of drug-likeness (QED) is 0.197. The van der Waals surface area contributed by atoms with Crippen LogP contribution in [0.25, 0.3) is 33.7 Å². The first-order chi connectivity index (χ1) is 22.1. The third-order valence-corrected chi connectivity index (χ3v) is 8.45. The molecule has 1 unspecified atom stereocenters. The Morgan fingerprint density at radius 1 is 0.644 bits per heavy atom. The summed E-state index contributed by atoms with van der Waals surface area (Å²) in [6.07, 6.45) is 2.87. The highest BCUT2D eigenvalue weighted by Crippen LogP contribution is 2.41. The number of aryl methyl sites for hydroxylation is 2. The van der Waals surface area contributed by atoms with Gasteiger partial charge in [0.15, 0.2) is 5.65 Å². The van der Waals surface area contributed by atoms with Crippen molar-refractivity contribution in [2.45, 2.75) is 26.3 Å². The van der Waals surface area contributed by atoms with E-state index in [1.807, 2.05) is 64.8 Å². The number of anilines is 1. The van der Waals surface area contributed by atoms with E-state index in [4.69, 9.17) is 20.3 Å². The smallest absolute Gasteiger partial charge is 0.163 e. The van der Waals surface area contributed by atoms with Crippen molar-refractivity contribution in [3.63, 3.8) is 0 Å². The van der Waals surface area contributed by atoms with Crippen molar-refractivity contribution >= 4 is 22.4 Å². The number of hydrazone groups is 1. The molecule has 0 aliphatic carbocycles. The monoisotopic (exact) mass is 585 g/mol. The van der Waals surface area contributed by atoms with Crippen molar-refractivity contribution < 1.29 is 0 Å². The van der Waals surface area contributed by atoms with Crippen molar-refractivity contribution in [1.29, 1.82) is 0 Å². The van der Waals surface area contributed by atoms with E-state index < -0.39 is 0 Å². The molecule has 1 aliphatic heterocycles. The summed E-state index contributed by atoms with van der Waals surface area (Å²) >= 11 is 0. The van der Waals surface area contributed by atoms with E-state index in [2.05, 4.69) is 97.0 Å². The number of nitrogens with zero attached hydrogens (tertiary/aromatic N) is 7. The zero-order valence-corrected chi connectivity index (χ0v) is 25.1. The number of para-hydroxylation sites is 3. The maximum absolute atomic E-state index is 5.31. The molecule has 45 heavy (non-hydrogen) atoms. The molecule has 0 spiro atoms. The molecule has 0 fully saturated rings. The highest BCUT2D eigenvalue weighted by atomic mass is 15.5. The van der Waals surface area contributed by atoms with E-state index in [-0.39, 0.29) is 6.04 Å². The largest absolute Gasteiger partial charge is 0.257 e. The molecule has 7 heteroatoms. The fourth-order valence-corrected chi connectivity index (χ4v) is 6.21. The summed E-state index contributed by atoms with van der Waals surface area (Å²) < 4.78 is 3.92. The minimum Gasteiger partial charge on any atom is -0.257 e. The molecule has 8 rings (SSSR count). The molecule has 4 heterocycles. The van der Waals surface area contributed by atoms with Crippen molar-refractivity contribution in [2.24, 2.45) is 5.10 Å². The van der Waals surface area contributed by atoms with Crippen LogP contribution in [0.3, 0.4) is 0 Å². The molecule has 7 aromatic rings. The van der Waals surface area contributed by atoms with Crippen molar-refractivity contribution in [1.82, 2.24) is 24.5 Å². The second-order valence-electron chi connectivity index (χ2n) is 11.4. The second-order valence-corrected chi connectivity index (χ2v) is 11.4. The Labute approximate surface area is 261 Å². The Hall–Kier alpha value is -5.82. The Kier molecular flexibility index (Phi) is 6.56. The molecule has 0 radical (unpaired) electrons. The molecular weight excluding hydrogens is 554 g/mol.